The molecule has 1 fully saturated rings. The van der Waals surface area contributed by atoms with Gasteiger partial charge in [0.05, 0.1) is 11.5 Å². The van der Waals surface area contributed by atoms with Gasteiger partial charge in [-0.1, -0.05) is 5.16 Å². The number of hydrogen-bond acceptors (Lipinski definition) is 4. The monoisotopic (exact) mass is 164 g/mol. The van der Waals surface area contributed by atoms with Gasteiger partial charge in [-0.2, -0.15) is 0 Å². The lowest BCUT2D eigenvalue weighted by atomic mass is 10.2. The molecule has 0 amide bonds. The van der Waals surface area contributed by atoms with Gasteiger partial charge in [0.1, 0.15) is 5.84 Å². The van der Waals surface area contributed by atoms with E-state index >= 15 is 0 Å². The molecule has 5 nitrogen and oxygen atoms in total. The van der Waals surface area contributed by atoms with Crippen molar-refractivity contribution in [2.75, 3.05) is 11.5 Å². The highest BCUT2D eigenvalue weighted by atomic mass is 32.2. The summed E-state index contributed by atoms with van der Waals surface area (Å²) in [6.45, 7) is 0. The van der Waals surface area contributed by atoms with E-state index in [1.54, 1.807) is 0 Å². The fourth-order valence-electron chi connectivity index (χ4n) is 0.817. The molecular formula is C4H8N2O3S. The minimum absolute atomic E-state index is 0.00910. The molecule has 0 aromatic rings. The number of amidine groups is 1. The second-order valence-corrected chi connectivity index (χ2v) is 4.45. The van der Waals surface area contributed by atoms with Crippen molar-refractivity contribution in [1.82, 2.24) is 0 Å². The highest BCUT2D eigenvalue weighted by Gasteiger charge is 2.36. The van der Waals surface area contributed by atoms with E-state index in [0.29, 0.717) is 0 Å². The van der Waals surface area contributed by atoms with Crippen molar-refractivity contribution < 1.29 is 13.6 Å². The Morgan fingerprint density at radius 3 is 2.40 bits per heavy atom. The largest absolute Gasteiger partial charge is 0.409 e. The normalized spacial score (nSPS) is 25.8. The standard InChI is InChI=1S/C4H8N2O3S/c5-4(6-7)3-1-10(8,9)2-3/h3,7H,1-2H2,(H2,5,6). The molecule has 6 heteroatoms. The minimum atomic E-state index is -2.86. The molecule has 10 heavy (non-hydrogen) atoms. The average Bonchev–Trinajstić information content (AvgIpc) is 1.81. The molecule has 0 unspecified atom stereocenters. The van der Waals surface area contributed by atoms with Crippen LogP contribution in [0.25, 0.3) is 0 Å². The van der Waals surface area contributed by atoms with Crippen molar-refractivity contribution in [2.45, 2.75) is 0 Å². The first-order valence-electron chi connectivity index (χ1n) is 2.73. The molecular weight excluding hydrogens is 156 g/mol. The van der Waals surface area contributed by atoms with Crippen LogP contribution in [0.2, 0.25) is 0 Å². The smallest absolute Gasteiger partial charge is 0.151 e. The minimum Gasteiger partial charge on any atom is -0.409 e. The maximum atomic E-state index is 10.5. The van der Waals surface area contributed by atoms with Gasteiger partial charge in [-0.05, 0) is 0 Å². The molecule has 0 aromatic carbocycles. The Bertz CT molecular complexity index is 244. The Balaban J connectivity index is 2.56. The van der Waals surface area contributed by atoms with Gasteiger partial charge in [-0.15, -0.1) is 0 Å². The maximum absolute atomic E-state index is 10.5. The van der Waals surface area contributed by atoms with Gasteiger partial charge in [0.2, 0.25) is 0 Å². The van der Waals surface area contributed by atoms with Crippen LogP contribution in [0.15, 0.2) is 5.16 Å². The quantitative estimate of drug-likeness (QED) is 0.220. The summed E-state index contributed by atoms with van der Waals surface area (Å²) < 4.78 is 21.1. The lowest BCUT2D eigenvalue weighted by Crippen LogP contribution is -2.44. The topological polar surface area (TPSA) is 92.8 Å². The molecule has 3 N–H and O–H groups in total. The number of hydrogen-bond donors (Lipinski definition) is 2. The van der Waals surface area contributed by atoms with Gasteiger partial charge in [0.25, 0.3) is 0 Å². The van der Waals surface area contributed by atoms with E-state index in [0.717, 1.165) is 0 Å². The van der Waals surface area contributed by atoms with Crippen LogP contribution in [0.1, 0.15) is 0 Å². The zero-order chi connectivity index (χ0) is 7.78. The second kappa shape index (κ2) is 2.12. The molecule has 1 aliphatic rings. The summed E-state index contributed by atoms with van der Waals surface area (Å²) in [7, 11) is -2.86. The van der Waals surface area contributed by atoms with Crippen LogP contribution in [-0.2, 0) is 9.84 Å². The Hall–Kier alpha value is -0.780. The van der Waals surface area contributed by atoms with Crippen molar-refractivity contribution in [3.63, 3.8) is 0 Å². The van der Waals surface area contributed by atoms with Crippen LogP contribution in [0.3, 0.4) is 0 Å². The second-order valence-electron chi connectivity index (χ2n) is 2.30. The molecule has 0 aliphatic carbocycles. The number of sulfone groups is 1. The van der Waals surface area contributed by atoms with Crippen molar-refractivity contribution in [3.8, 4) is 0 Å². The Kier molecular flexibility index (Phi) is 1.55. The van der Waals surface area contributed by atoms with Gasteiger partial charge in [-0.3, -0.25) is 0 Å². The molecule has 0 aromatic heterocycles. The zero-order valence-corrected chi connectivity index (χ0v) is 6.00. The first-order chi connectivity index (χ1) is 4.55. The molecule has 1 saturated heterocycles. The zero-order valence-electron chi connectivity index (χ0n) is 5.19. The number of oxime groups is 1. The fourth-order valence-corrected chi connectivity index (χ4v) is 2.29. The average molecular weight is 164 g/mol. The van der Waals surface area contributed by atoms with Gasteiger partial charge in [-0.25, -0.2) is 8.42 Å². The van der Waals surface area contributed by atoms with Crippen molar-refractivity contribution >= 4 is 15.7 Å². The number of nitrogens with two attached hydrogens (primary N) is 1. The number of rotatable bonds is 1. The SMILES string of the molecule is N/C(=N\O)C1CS(=O)(=O)C1. The van der Waals surface area contributed by atoms with Crippen molar-refractivity contribution in [1.29, 1.82) is 0 Å². The third kappa shape index (κ3) is 1.21. The summed E-state index contributed by atoms with van der Waals surface area (Å²) >= 11 is 0. The summed E-state index contributed by atoms with van der Waals surface area (Å²) in [6, 6.07) is 0. The Labute approximate surface area is 58.4 Å². The van der Waals surface area contributed by atoms with Gasteiger partial charge >= 0.3 is 0 Å². The van der Waals surface area contributed by atoms with Gasteiger partial charge < -0.3 is 10.9 Å². The molecule has 0 bridgehead atoms. The predicted molar refractivity (Wildman–Crippen MR) is 35.6 cm³/mol. The molecule has 0 saturated carbocycles. The fraction of sp³-hybridized carbons (Fsp3) is 0.750. The van der Waals surface area contributed by atoms with Crippen LogP contribution in [0, 0.1) is 5.92 Å². The summed E-state index contributed by atoms with van der Waals surface area (Å²) in [6.07, 6.45) is 0. The molecule has 0 radical (unpaired) electrons. The van der Waals surface area contributed by atoms with E-state index in [1.807, 2.05) is 0 Å². The van der Waals surface area contributed by atoms with Crippen molar-refractivity contribution in [2.24, 2.45) is 16.8 Å². The summed E-state index contributed by atoms with van der Waals surface area (Å²) in [5.74, 6) is -0.226. The van der Waals surface area contributed by atoms with Gasteiger partial charge in [0, 0.05) is 5.92 Å². The van der Waals surface area contributed by atoms with E-state index in [-0.39, 0.29) is 23.3 Å². The van der Waals surface area contributed by atoms with Crippen LogP contribution in [0.5, 0.6) is 0 Å². The molecule has 0 spiro atoms. The summed E-state index contributed by atoms with van der Waals surface area (Å²) in [5, 5.41) is 10.8. The molecule has 0 atom stereocenters. The van der Waals surface area contributed by atoms with Crippen LogP contribution in [-0.4, -0.2) is 31.0 Å². The first-order valence-corrected chi connectivity index (χ1v) is 4.55. The van der Waals surface area contributed by atoms with Crippen LogP contribution in [0.4, 0.5) is 0 Å². The van der Waals surface area contributed by atoms with E-state index in [1.165, 1.54) is 0 Å². The first kappa shape index (κ1) is 7.33. The lowest BCUT2D eigenvalue weighted by Gasteiger charge is -2.23. The predicted octanol–water partition coefficient (Wildman–Crippen LogP) is -1.22. The lowest BCUT2D eigenvalue weighted by molar-refractivity contribution is 0.314. The highest BCUT2D eigenvalue weighted by molar-refractivity contribution is 7.92. The molecule has 1 heterocycles. The molecule has 1 rings (SSSR count). The Morgan fingerprint density at radius 2 is 2.10 bits per heavy atom. The van der Waals surface area contributed by atoms with E-state index < -0.39 is 9.84 Å². The highest BCUT2D eigenvalue weighted by Crippen LogP contribution is 2.17. The van der Waals surface area contributed by atoms with E-state index in [2.05, 4.69) is 5.16 Å². The third-order valence-corrected chi connectivity index (χ3v) is 3.26. The van der Waals surface area contributed by atoms with E-state index in [4.69, 9.17) is 10.9 Å². The van der Waals surface area contributed by atoms with Gasteiger partial charge in [0.15, 0.2) is 9.84 Å². The third-order valence-electron chi connectivity index (χ3n) is 1.44. The molecule has 58 valence electrons. The van der Waals surface area contributed by atoms with Crippen LogP contribution < -0.4 is 5.73 Å². The Morgan fingerprint density at radius 1 is 1.60 bits per heavy atom. The molecule has 1 aliphatic heterocycles. The summed E-state index contributed by atoms with van der Waals surface area (Å²) in [4.78, 5) is 0. The van der Waals surface area contributed by atoms with Crippen molar-refractivity contribution in [3.05, 3.63) is 0 Å². The van der Waals surface area contributed by atoms with E-state index in [9.17, 15) is 8.42 Å². The van der Waals surface area contributed by atoms with Crippen LogP contribution >= 0.6 is 0 Å². The number of nitrogens with zero attached hydrogens (tertiary/aromatic N) is 1. The summed E-state index contributed by atoms with van der Waals surface area (Å²) in [5.41, 5.74) is 5.13. The maximum Gasteiger partial charge on any atom is 0.151 e.